The Morgan fingerprint density at radius 3 is 2.38 bits per heavy atom. The average Bonchev–Trinajstić information content (AvgIpc) is 2.58. The van der Waals surface area contributed by atoms with Crippen molar-refractivity contribution in [2.45, 2.75) is 59.3 Å². The predicted molar refractivity (Wildman–Crippen MR) is 96.7 cm³/mol. The van der Waals surface area contributed by atoms with E-state index in [0.29, 0.717) is 12.5 Å². The Morgan fingerprint density at radius 2 is 1.75 bits per heavy atom. The highest BCUT2D eigenvalue weighted by Gasteiger charge is 2.25. The Bertz CT molecular complexity index is 417. The molecule has 0 saturated carbocycles. The number of urea groups is 1. The van der Waals surface area contributed by atoms with Gasteiger partial charge in [0, 0.05) is 39.6 Å². The molecule has 3 amide bonds. The summed E-state index contributed by atoms with van der Waals surface area (Å²) in [5, 5.41) is 3.10. The van der Waals surface area contributed by atoms with Gasteiger partial charge in [-0.05, 0) is 43.4 Å². The Balaban J connectivity index is 1.65. The molecule has 2 aliphatic heterocycles. The zero-order chi connectivity index (χ0) is 17.5. The van der Waals surface area contributed by atoms with Crippen molar-refractivity contribution in [3.05, 3.63) is 0 Å². The van der Waals surface area contributed by atoms with E-state index in [1.165, 1.54) is 12.8 Å². The number of hydrogen-bond donors (Lipinski definition) is 1. The lowest BCUT2D eigenvalue weighted by molar-refractivity contribution is -0.130. The fourth-order valence-corrected chi connectivity index (χ4v) is 3.85. The minimum Gasteiger partial charge on any atom is -0.343 e. The molecule has 2 fully saturated rings. The molecule has 1 unspecified atom stereocenters. The second-order valence-corrected chi connectivity index (χ2v) is 8.06. The number of amides is 3. The van der Waals surface area contributed by atoms with E-state index in [1.807, 2.05) is 9.80 Å². The van der Waals surface area contributed by atoms with Gasteiger partial charge in [-0.25, -0.2) is 4.79 Å². The number of carbonyl (C=O) groups excluding carboxylic acids is 2. The molecule has 0 bridgehead atoms. The van der Waals surface area contributed by atoms with Crippen molar-refractivity contribution in [1.82, 2.24) is 15.1 Å². The lowest BCUT2D eigenvalue weighted by Gasteiger charge is -2.34. The van der Waals surface area contributed by atoms with Crippen molar-refractivity contribution in [2.75, 3.05) is 32.7 Å². The van der Waals surface area contributed by atoms with Crippen molar-refractivity contribution in [3.8, 4) is 0 Å². The lowest BCUT2D eigenvalue weighted by Crippen LogP contribution is -2.48. The monoisotopic (exact) mass is 337 g/mol. The zero-order valence-electron chi connectivity index (χ0n) is 15.7. The van der Waals surface area contributed by atoms with Gasteiger partial charge in [-0.2, -0.15) is 0 Å². The fraction of sp³-hybridized carbons (Fsp3) is 0.895. The number of rotatable bonds is 5. The van der Waals surface area contributed by atoms with Gasteiger partial charge in [0.1, 0.15) is 0 Å². The molecule has 0 spiro atoms. The summed E-state index contributed by atoms with van der Waals surface area (Å²) < 4.78 is 0. The van der Waals surface area contributed by atoms with E-state index in [4.69, 9.17) is 0 Å². The van der Waals surface area contributed by atoms with Gasteiger partial charge in [-0.3, -0.25) is 4.79 Å². The maximum atomic E-state index is 12.4. The Labute approximate surface area is 147 Å². The molecular formula is C19H35N3O2. The molecular weight excluding hydrogens is 302 g/mol. The summed E-state index contributed by atoms with van der Waals surface area (Å²) in [6, 6.07) is 0.0808. The van der Waals surface area contributed by atoms with Gasteiger partial charge in [-0.15, -0.1) is 0 Å². The molecule has 0 radical (unpaired) electrons. The van der Waals surface area contributed by atoms with Gasteiger partial charge in [0.25, 0.3) is 0 Å². The van der Waals surface area contributed by atoms with Gasteiger partial charge < -0.3 is 15.1 Å². The summed E-state index contributed by atoms with van der Waals surface area (Å²) in [5.41, 5.74) is 0. The van der Waals surface area contributed by atoms with E-state index in [0.717, 1.165) is 63.7 Å². The molecule has 2 rings (SSSR count). The fourth-order valence-electron chi connectivity index (χ4n) is 3.85. The number of carbonyl (C=O) groups is 2. The molecule has 138 valence electrons. The van der Waals surface area contributed by atoms with E-state index in [1.54, 1.807) is 6.92 Å². The molecule has 2 heterocycles. The third kappa shape index (κ3) is 5.99. The van der Waals surface area contributed by atoms with Crippen LogP contribution in [0.25, 0.3) is 0 Å². The second-order valence-electron chi connectivity index (χ2n) is 8.06. The normalized spacial score (nSPS) is 22.8. The molecule has 0 aromatic carbocycles. The maximum absolute atomic E-state index is 12.4. The largest absolute Gasteiger partial charge is 0.343 e. The molecule has 1 atom stereocenters. The van der Waals surface area contributed by atoms with E-state index in [-0.39, 0.29) is 11.9 Å². The van der Waals surface area contributed by atoms with Crippen LogP contribution in [0.4, 0.5) is 4.79 Å². The van der Waals surface area contributed by atoms with Crippen LogP contribution in [0, 0.1) is 17.8 Å². The number of hydrogen-bond acceptors (Lipinski definition) is 2. The lowest BCUT2D eigenvalue weighted by atomic mass is 9.90. The standard InChI is InChI=1S/C19H35N3O2/c1-15(2)6-7-17-8-11-21(12-9-17)19(24)20-13-18-5-4-10-22(14-18)16(3)23/h15,17-18H,4-14H2,1-3H3,(H,20,24). The van der Waals surface area contributed by atoms with Crippen LogP contribution in [0.1, 0.15) is 59.3 Å². The number of piperidine rings is 2. The SMILES string of the molecule is CC(=O)N1CCCC(CNC(=O)N2CCC(CCC(C)C)CC2)C1. The Morgan fingerprint density at radius 1 is 1.04 bits per heavy atom. The quantitative estimate of drug-likeness (QED) is 0.838. The molecule has 0 aromatic heterocycles. The van der Waals surface area contributed by atoms with Crippen LogP contribution in [0.5, 0.6) is 0 Å². The zero-order valence-corrected chi connectivity index (χ0v) is 15.7. The first-order valence-electron chi connectivity index (χ1n) is 9.74. The van der Waals surface area contributed by atoms with Crippen LogP contribution in [0.15, 0.2) is 0 Å². The highest BCUT2D eigenvalue weighted by atomic mass is 16.2. The molecule has 2 aliphatic rings. The van der Waals surface area contributed by atoms with Crippen LogP contribution >= 0.6 is 0 Å². The van der Waals surface area contributed by atoms with Crippen molar-refractivity contribution >= 4 is 11.9 Å². The maximum Gasteiger partial charge on any atom is 0.317 e. The first kappa shape index (κ1) is 19.1. The van der Waals surface area contributed by atoms with Crippen LogP contribution in [-0.2, 0) is 4.79 Å². The minimum absolute atomic E-state index is 0.0808. The van der Waals surface area contributed by atoms with Gasteiger partial charge in [-0.1, -0.05) is 26.7 Å². The van der Waals surface area contributed by atoms with Crippen LogP contribution < -0.4 is 5.32 Å². The second kappa shape index (κ2) is 9.28. The van der Waals surface area contributed by atoms with E-state index in [2.05, 4.69) is 19.2 Å². The van der Waals surface area contributed by atoms with Crippen molar-refractivity contribution < 1.29 is 9.59 Å². The van der Waals surface area contributed by atoms with Crippen LogP contribution in [-0.4, -0.2) is 54.5 Å². The first-order chi connectivity index (χ1) is 11.5. The first-order valence-corrected chi connectivity index (χ1v) is 9.74. The van der Waals surface area contributed by atoms with Crippen molar-refractivity contribution in [1.29, 1.82) is 0 Å². The molecule has 5 heteroatoms. The van der Waals surface area contributed by atoms with Gasteiger partial charge >= 0.3 is 6.03 Å². The summed E-state index contributed by atoms with van der Waals surface area (Å²) in [5.74, 6) is 2.11. The number of nitrogens with zero attached hydrogens (tertiary/aromatic N) is 2. The van der Waals surface area contributed by atoms with Crippen LogP contribution in [0.2, 0.25) is 0 Å². The van der Waals surface area contributed by atoms with Gasteiger partial charge in [0.15, 0.2) is 0 Å². The summed E-state index contributed by atoms with van der Waals surface area (Å²) >= 11 is 0. The summed E-state index contributed by atoms with van der Waals surface area (Å²) in [4.78, 5) is 27.7. The minimum atomic E-state index is 0.0808. The third-order valence-electron chi connectivity index (χ3n) is 5.56. The Hall–Kier alpha value is -1.26. The van der Waals surface area contributed by atoms with Crippen LogP contribution in [0.3, 0.4) is 0 Å². The van der Waals surface area contributed by atoms with Gasteiger partial charge in [0.05, 0.1) is 0 Å². The molecule has 0 aromatic rings. The molecule has 0 aliphatic carbocycles. The van der Waals surface area contributed by atoms with Gasteiger partial charge in [0.2, 0.25) is 5.91 Å². The van der Waals surface area contributed by atoms with Crippen molar-refractivity contribution in [3.63, 3.8) is 0 Å². The molecule has 24 heavy (non-hydrogen) atoms. The van der Waals surface area contributed by atoms with E-state index in [9.17, 15) is 9.59 Å². The number of likely N-dealkylation sites (tertiary alicyclic amines) is 2. The summed E-state index contributed by atoms with van der Waals surface area (Å²) in [6.07, 6.45) is 7.02. The summed E-state index contributed by atoms with van der Waals surface area (Å²) in [7, 11) is 0. The Kier molecular flexibility index (Phi) is 7.38. The smallest absolute Gasteiger partial charge is 0.317 e. The molecule has 1 N–H and O–H groups in total. The third-order valence-corrected chi connectivity index (χ3v) is 5.56. The average molecular weight is 338 g/mol. The van der Waals surface area contributed by atoms with E-state index >= 15 is 0 Å². The predicted octanol–water partition coefficient (Wildman–Crippen LogP) is 3.10. The number of nitrogens with one attached hydrogen (secondary N) is 1. The molecule has 5 nitrogen and oxygen atoms in total. The topological polar surface area (TPSA) is 52.7 Å². The van der Waals surface area contributed by atoms with Crippen molar-refractivity contribution in [2.24, 2.45) is 17.8 Å². The summed E-state index contributed by atoms with van der Waals surface area (Å²) in [6.45, 7) is 10.3. The van der Waals surface area contributed by atoms with E-state index < -0.39 is 0 Å². The highest BCUT2D eigenvalue weighted by Crippen LogP contribution is 2.24. The highest BCUT2D eigenvalue weighted by molar-refractivity contribution is 5.74. The molecule has 2 saturated heterocycles.